The van der Waals surface area contributed by atoms with E-state index in [1.54, 1.807) is 0 Å². The summed E-state index contributed by atoms with van der Waals surface area (Å²) in [5.74, 6) is -0.149. The Bertz CT molecular complexity index is 241. The van der Waals surface area contributed by atoms with Gasteiger partial charge >= 0.3 is 5.97 Å². The smallest absolute Gasteiger partial charge is 0.326 e. The number of rotatable bonds is 6. The van der Waals surface area contributed by atoms with Crippen LogP contribution >= 0.6 is 0 Å². The number of carbonyl (C=O) groups is 1. The van der Waals surface area contributed by atoms with Crippen molar-refractivity contribution in [2.24, 2.45) is 0 Å². The number of nitrogens with one attached hydrogen (secondary N) is 1. The summed E-state index contributed by atoms with van der Waals surface area (Å²) in [6, 6.07) is 0. The van der Waals surface area contributed by atoms with Crippen molar-refractivity contribution in [3.05, 3.63) is 0 Å². The van der Waals surface area contributed by atoms with Gasteiger partial charge in [0.25, 0.3) is 0 Å². The van der Waals surface area contributed by atoms with Crippen molar-refractivity contribution >= 4 is 5.97 Å². The predicted molar refractivity (Wildman–Crippen MR) is 66.9 cm³/mol. The van der Waals surface area contributed by atoms with E-state index in [4.69, 9.17) is 9.47 Å². The van der Waals surface area contributed by atoms with Gasteiger partial charge in [0.15, 0.2) is 0 Å². The third-order valence-electron chi connectivity index (χ3n) is 3.35. The first-order valence-electron chi connectivity index (χ1n) is 6.63. The van der Waals surface area contributed by atoms with E-state index in [9.17, 15) is 4.79 Å². The molecule has 1 aliphatic rings. The Balaban J connectivity index is 2.65. The van der Waals surface area contributed by atoms with Crippen molar-refractivity contribution < 1.29 is 14.3 Å². The second-order valence-electron chi connectivity index (χ2n) is 4.69. The third kappa shape index (κ3) is 3.68. The highest BCUT2D eigenvalue weighted by Crippen LogP contribution is 2.31. The molecule has 1 saturated carbocycles. The molecule has 1 rings (SSSR count). The second-order valence-corrected chi connectivity index (χ2v) is 4.69. The normalized spacial score (nSPS) is 29.0. The van der Waals surface area contributed by atoms with Crippen molar-refractivity contribution in [3.63, 3.8) is 0 Å². The Labute approximate surface area is 104 Å². The molecule has 1 N–H and O–H groups in total. The quantitative estimate of drug-likeness (QED) is 0.724. The predicted octanol–water partition coefficient (Wildman–Crippen LogP) is 1.88. The zero-order chi connectivity index (χ0) is 12.7. The van der Waals surface area contributed by atoms with Gasteiger partial charge in [0.05, 0.1) is 13.2 Å². The first kappa shape index (κ1) is 14.5. The molecule has 17 heavy (non-hydrogen) atoms. The number of hydrogen-bond donors (Lipinski definition) is 1. The van der Waals surface area contributed by atoms with Crippen LogP contribution in [-0.2, 0) is 14.3 Å². The molecular weight excluding hydrogens is 218 g/mol. The van der Waals surface area contributed by atoms with Gasteiger partial charge in [-0.05, 0) is 32.2 Å². The van der Waals surface area contributed by atoms with Crippen molar-refractivity contribution in [1.29, 1.82) is 0 Å². The molecule has 100 valence electrons. The molecule has 4 heteroatoms. The van der Waals surface area contributed by atoms with Crippen LogP contribution < -0.4 is 5.32 Å². The highest BCUT2D eigenvalue weighted by Gasteiger charge is 2.43. The van der Waals surface area contributed by atoms with Gasteiger partial charge in [-0.25, -0.2) is 0 Å². The van der Waals surface area contributed by atoms with Crippen molar-refractivity contribution in [1.82, 2.24) is 5.32 Å². The van der Waals surface area contributed by atoms with Crippen LogP contribution in [0, 0.1) is 0 Å². The average molecular weight is 243 g/mol. The number of likely N-dealkylation sites (N-methyl/N-ethyl adjacent to an activating group) is 1. The highest BCUT2D eigenvalue weighted by atomic mass is 16.5. The number of ether oxygens (including phenoxy) is 2. The van der Waals surface area contributed by atoms with Crippen molar-refractivity contribution in [2.75, 3.05) is 20.3 Å². The lowest BCUT2D eigenvalue weighted by atomic mass is 9.80. The van der Waals surface area contributed by atoms with Gasteiger partial charge in [-0.15, -0.1) is 0 Å². The van der Waals surface area contributed by atoms with Crippen molar-refractivity contribution in [2.45, 2.75) is 57.6 Å². The van der Waals surface area contributed by atoms with E-state index >= 15 is 0 Å². The highest BCUT2D eigenvalue weighted by molar-refractivity contribution is 5.81. The maximum absolute atomic E-state index is 12.0. The van der Waals surface area contributed by atoms with Crippen LogP contribution in [0.25, 0.3) is 0 Å². The first-order chi connectivity index (χ1) is 8.18. The monoisotopic (exact) mass is 243 g/mol. The minimum Gasteiger partial charge on any atom is -0.468 e. The van der Waals surface area contributed by atoms with Gasteiger partial charge in [-0.2, -0.15) is 0 Å². The van der Waals surface area contributed by atoms with Gasteiger partial charge in [0.1, 0.15) is 5.54 Å². The summed E-state index contributed by atoms with van der Waals surface area (Å²) < 4.78 is 10.7. The zero-order valence-electron chi connectivity index (χ0n) is 11.3. The number of esters is 1. The lowest BCUT2D eigenvalue weighted by molar-refractivity contribution is -0.152. The van der Waals surface area contributed by atoms with Crippen molar-refractivity contribution in [3.8, 4) is 0 Å². The zero-order valence-corrected chi connectivity index (χ0v) is 11.3. The largest absolute Gasteiger partial charge is 0.468 e. The molecule has 0 aromatic rings. The SMILES string of the molecule is CCCOC1CCCC(NCC)(C(=O)OC)C1. The average Bonchev–Trinajstić information content (AvgIpc) is 2.36. The van der Waals surface area contributed by atoms with Crippen LogP contribution in [0.1, 0.15) is 46.0 Å². The minimum absolute atomic E-state index is 0.149. The molecule has 0 aromatic carbocycles. The molecular formula is C13H25NO3. The molecule has 0 amide bonds. The van der Waals surface area contributed by atoms with E-state index in [1.807, 2.05) is 6.92 Å². The Morgan fingerprint density at radius 3 is 2.82 bits per heavy atom. The summed E-state index contributed by atoms with van der Waals surface area (Å²) in [5.41, 5.74) is -0.528. The topological polar surface area (TPSA) is 47.6 Å². The Kier molecular flexibility index (Phi) is 5.92. The molecule has 1 fully saturated rings. The van der Waals surface area contributed by atoms with Gasteiger partial charge in [0.2, 0.25) is 0 Å². The molecule has 0 saturated heterocycles. The van der Waals surface area contributed by atoms with Gasteiger partial charge in [-0.3, -0.25) is 4.79 Å². The van der Waals surface area contributed by atoms with Gasteiger partial charge in [-0.1, -0.05) is 13.8 Å². The van der Waals surface area contributed by atoms with E-state index in [2.05, 4.69) is 12.2 Å². The van der Waals surface area contributed by atoms with Crippen LogP contribution in [0.15, 0.2) is 0 Å². The third-order valence-corrected chi connectivity index (χ3v) is 3.35. The summed E-state index contributed by atoms with van der Waals surface area (Å²) in [5, 5.41) is 3.30. The Morgan fingerprint density at radius 1 is 1.47 bits per heavy atom. The second kappa shape index (κ2) is 6.97. The lowest BCUT2D eigenvalue weighted by Crippen LogP contribution is -2.56. The van der Waals surface area contributed by atoms with Gasteiger partial charge in [0, 0.05) is 13.0 Å². The molecule has 0 spiro atoms. The maximum atomic E-state index is 12.0. The van der Waals surface area contributed by atoms with Crippen LogP contribution in [0.4, 0.5) is 0 Å². The van der Waals surface area contributed by atoms with Gasteiger partial charge < -0.3 is 14.8 Å². The van der Waals surface area contributed by atoms with Crippen LogP contribution in [-0.4, -0.2) is 37.9 Å². The fourth-order valence-corrected chi connectivity index (χ4v) is 2.60. The summed E-state index contributed by atoms with van der Waals surface area (Å²) in [4.78, 5) is 12.0. The summed E-state index contributed by atoms with van der Waals surface area (Å²) in [6.07, 6.45) is 4.83. The van der Waals surface area contributed by atoms with E-state index in [0.29, 0.717) is 0 Å². The van der Waals surface area contributed by atoms with E-state index in [1.165, 1.54) is 7.11 Å². The molecule has 4 nitrogen and oxygen atoms in total. The molecule has 2 unspecified atom stereocenters. The molecule has 1 aliphatic carbocycles. The van der Waals surface area contributed by atoms with E-state index < -0.39 is 5.54 Å². The maximum Gasteiger partial charge on any atom is 0.326 e. The first-order valence-corrected chi connectivity index (χ1v) is 6.63. The Morgan fingerprint density at radius 2 is 2.24 bits per heavy atom. The molecule has 0 aromatic heterocycles. The Hall–Kier alpha value is -0.610. The molecule has 0 aliphatic heterocycles. The lowest BCUT2D eigenvalue weighted by Gasteiger charge is -2.39. The van der Waals surface area contributed by atoms with Crippen LogP contribution in [0.3, 0.4) is 0 Å². The molecule has 2 atom stereocenters. The fraction of sp³-hybridized carbons (Fsp3) is 0.923. The summed E-state index contributed by atoms with van der Waals surface area (Å²) in [6.45, 7) is 5.66. The standard InChI is InChI=1S/C13H25NO3/c1-4-9-17-11-7-6-8-13(10-11,14-5-2)12(15)16-3/h11,14H,4-10H2,1-3H3. The van der Waals surface area contributed by atoms with Crippen LogP contribution in [0.2, 0.25) is 0 Å². The summed E-state index contributed by atoms with van der Waals surface area (Å²) >= 11 is 0. The summed E-state index contributed by atoms with van der Waals surface area (Å²) in [7, 11) is 1.46. The van der Waals surface area contributed by atoms with E-state index in [0.717, 1.165) is 45.3 Å². The molecule has 0 bridgehead atoms. The van der Waals surface area contributed by atoms with Crippen LogP contribution in [0.5, 0.6) is 0 Å². The number of carbonyl (C=O) groups excluding carboxylic acids is 1. The number of methoxy groups -OCH3 is 1. The number of hydrogen-bond acceptors (Lipinski definition) is 4. The fourth-order valence-electron chi connectivity index (χ4n) is 2.60. The van der Waals surface area contributed by atoms with E-state index in [-0.39, 0.29) is 12.1 Å². The minimum atomic E-state index is -0.528. The molecule has 0 radical (unpaired) electrons. The molecule has 0 heterocycles.